The summed E-state index contributed by atoms with van der Waals surface area (Å²) in [5.74, 6) is -4.96. The molecule has 0 aromatic heterocycles. The van der Waals surface area contributed by atoms with E-state index in [1.807, 2.05) is 0 Å². The van der Waals surface area contributed by atoms with Crippen LogP contribution in [0.3, 0.4) is 0 Å². The Kier molecular flexibility index (Phi) is 6.04. The summed E-state index contributed by atoms with van der Waals surface area (Å²) in [7, 11) is 1.32. The lowest BCUT2D eigenvalue weighted by molar-refractivity contribution is -0.148. The second-order valence-electron chi connectivity index (χ2n) is 4.85. The van der Waals surface area contributed by atoms with Gasteiger partial charge in [0.25, 0.3) is 5.91 Å². The standard InChI is InChI=1S/C13H19F2NO4/c1-20-11(18)6-4-2-3-5-7-16-10(9-17)8-13(14,15)12(16)19/h9-10H,2-8H2,1H3/t10-/m1/s1. The number of carbonyl (C=O) groups is 3. The molecule has 0 aromatic rings. The van der Waals surface area contributed by atoms with Crippen LogP contribution < -0.4 is 0 Å². The average Bonchev–Trinajstić information content (AvgIpc) is 2.64. The van der Waals surface area contributed by atoms with Crippen LogP contribution in [-0.4, -0.2) is 48.7 Å². The van der Waals surface area contributed by atoms with Crippen molar-refractivity contribution in [2.45, 2.75) is 50.5 Å². The molecule has 0 N–H and O–H groups in total. The van der Waals surface area contributed by atoms with Crippen LogP contribution in [0.25, 0.3) is 0 Å². The topological polar surface area (TPSA) is 63.7 Å². The molecule has 0 radical (unpaired) electrons. The Morgan fingerprint density at radius 3 is 2.65 bits per heavy atom. The molecule has 20 heavy (non-hydrogen) atoms. The first-order valence-electron chi connectivity index (χ1n) is 6.63. The minimum absolute atomic E-state index is 0.149. The van der Waals surface area contributed by atoms with E-state index in [1.54, 1.807) is 0 Å². The number of esters is 1. The van der Waals surface area contributed by atoms with Crippen molar-refractivity contribution in [3.63, 3.8) is 0 Å². The van der Waals surface area contributed by atoms with Crippen LogP contribution in [0.1, 0.15) is 38.5 Å². The van der Waals surface area contributed by atoms with E-state index in [1.165, 1.54) is 7.11 Å². The molecule has 0 unspecified atom stereocenters. The molecule has 0 aliphatic carbocycles. The zero-order valence-corrected chi connectivity index (χ0v) is 11.4. The summed E-state index contributed by atoms with van der Waals surface area (Å²) in [6.45, 7) is 0.149. The van der Waals surface area contributed by atoms with Crippen molar-refractivity contribution in [1.29, 1.82) is 0 Å². The first-order valence-corrected chi connectivity index (χ1v) is 6.63. The number of nitrogens with zero attached hydrogens (tertiary/aromatic N) is 1. The fourth-order valence-electron chi connectivity index (χ4n) is 2.22. The SMILES string of the molecule is COC(=O)CCCCCCN1C(=O)C(F)(F)C[C@@H]1C=O. The van der Waals surface area contributed by atoms with Crippen molar-refractivity contribution in [2.75, 3.05) is 13.7 Å². The predicted octanol–water partition coefficient (Wildman–Crippen LogP) is 1.54. The zero-order valence-electron chi connectivity index (χ0n) is 11.4. The Hall–Kier alpha value is -1.53. The van der Waals surface area contributed by atoms with Gasteiger partial charge < -0.3 is 14.4 Å². The number of hydrogen-bond donors (Lipinski definition) is 0. The maximum Gasteiger partial charge on any atom is 0.327 e. The molecule has 1 aliphatic rings. The van der Waals surface area contributed by atoms with E-state index < -0.39 is 24.3 Å². The molecule has 1 amide bonds. The van der Waals surface area contributed by atoms with Gasteiger partial charge >= 0.3 is 11.9 Å². The number of methoxy groups -OCH3 is 1. The Labute approximate surface area is 116 Å². The van der Waals surface area contributed by atoms with E-state index in [-0.39, 0.29) is 12.5 Å². The number of alkyl halides is 2. The number of hydrogen-bond acceptors (Lipinski definition) is 4. The molecule has 1 aliphatic heterocycles. The quantitative estimate of drug-likeness (QED) is 0.386. The van der Waals surface area contributed by atoms with Gasteiger partial charge in [-0.25, -0.2) is 0 Å². The van der Waals surface area contributed by atoms with Crippen LogP contribution in [0.5, 0.6) is 0 Å². The number of rotatable bonds is 8. The number of amides is 1. The fourth-order valence-corrected chi connectivity index (χ4v) is 2.22. The van der Waals surface area contributed by atoms with Gasteiger partial charge in [-0.05, 0) is 12.8 Å². The van der Waals surface area contributed by atoms with E-state index in [2.05, 4.69) is 4.74 Å². The van der Waals surface area contributed by atoms with Crippen LogP contribution >= 0.6 is 0 Å². The second kappa shape index (κ2) is 7.31. The maximum absolute atomic E-state index is 13.2. The first kappa shape index (κ1) is 16.5. The van der Waals surface area contributed by atoms with E-state index in [9.17, 15) is 23.2 Å². The molecule has 0 saturated carbocycles. The average molecular weight is 291 g/mol. The van der Waals surface area contributed by atoms with Crippen molar-refractivity contribution in [3.05, 3.63) is 0 Å². The highest BCUT2D eigenvalue weighted by molar-refractivity contribution is 5.89. The molecule has 114 valence electrons. The molecular formula is C13H19F2NO4. The summed E-state index contributed by atoms with van der Waals surface area (Å²) in [4.78, 5) is 33.9. The van der Waals surface area contributed by atoms with Crippen LogP contribution in [0.4, 0.5) is 8.78 Å². The lowest BCUT2D eigenvalue weighted by atomic mass is 10.1. The van der Waals surface area contributed by atoms with E-state index in [0.29, 0.717) is 32.0 Å². The highest BCUT2D eigenvalue weighted by atomic mass is 19.3. The number of aldehydes is 1. The summed E-state index contributed by atoms with van der Waals surface area (Å²) in [5.41, 5.74) is 0. The lowest BCUT2D eigenvalue weighted by Crippen LogP contribution is -2.37. The van der Waals surface area contributed by atoms with Gasteiger partial charge in [-0.2, -0.15) is 8.78 Å². The lowest BCUT2D eigenvalue weighted by Gasteiger charge is -2.19. The number of carbonyl (C=O) groups excluding carboxylic acids is 3. The monoisotopic (exact) mass is 291 g/mol. The number of likely N-dealkylation sites (tertiary alicyclic amines) is 1. The van der Waals surface area contributed by atoms with E-state index in [0.717, 1.165) is 11.3 Å². The Balaban J connectivity index is 2.26. The Morgan fingerprint density at radius 2 is 2.05 bits per heavy atom. The Bertz CT molecular complexity index is 373. The van der Waals surface area contributed by atoms with Gasteiger partial charge in [-0.1, -0.05) is 12.8 Å². The van der Waals surface area contributed by atoms with Crippen LogP contribution in [-0.2, 0) is 19.1 Å². The summed E-state index contributed by atoms with van der Waals surface area (Å²) in [6.07, 6.45) is 2.65. The molecule has 0 bridgehead atoms. The Morgan fingerprint density at radius 1 is 1.40 bits per heavy atom. The summed E-state index contributed by atoms with van der Waals surface area (Å²) < 4.78 is 30.9. The molecule has 5 nitrogen and oxygen atoms in total. The number of ether oxygens (including phenoxy) is 1. The minimum atomic E-state index is -3.42. The fraction of sp³-hybridized carbons (Fsp3) is 0.769. The maximum atomic E-state index is 13.2. The van der Waals surface area contributed by atoms with Crippen molar-refractivity contribution in [2.24, 2.45) is 0 Å². The predicted molar refractivity (Wildman–Crippen MR) is 66.2 cm³/mol. The van der Waals surface area contributed by atoms with Crippen LogP contribution in [0, 0.1) is 0 Å². The number of unbranched alkanes of at least 4 members (excludes halogenated alkanes) is 3. The van der Waals surface area contributed by atoms with Gasteiger partial charge in [0, 0.05) is 19.4 Å². The van der Waals surface area contributed by atoms with Crippen LogP contribution in [0.15, 0.2) is 0 Å². The zero-order chi connectivity index (χ0) is 15.2. The second-order valence-corrected chi connectivity index (χ2v) is 4.85. The third-order valence-corrected chi connectivity index (χ3v) is 3.35. The van der Waals surface area contributed by atoms with Crippen LogP contribution in [0.2, 0.25) is 0 Å². The molecule has 1 heterocycles. The first-order chi connectivity index (χ1) is 9.42. The molecule has 0 spiro atoms. The van der Waals surface area contributed by atoms with Crippen molar-refractivity contribution in [3.8, 4) is 0 Å². The molecule has 1 saturated heterocycles. The third-order valence-electron chi connectivity index (χ3n) is 3.35. The molecule has 7 heteroatoms. The van der Waals surface area contributed by atoms with E-state index >= 15 is 0 Å². The van der Waals surface area contributed by atoms with Gasteiger partial charge in [0.15, 0.2) is 0 Å². The minimum Gasteiger partial charge on any atom is -0.469 e. The van der Waals surface area contributed by atoms with Gasteiger partial charge in [-0.15, -0.1) is 0 Å². The van der Waals surface area contributed by atoms with Gasteiger partial charge in [0.2, 0.25) is 0 Å². The smallest absolute Gasteiger partial charge is 0.327 e. The summed E-state index contributed by atoms with van der Waals surface area (Å²) in [6, 6.07) is -1.02. The van der Waals surface area contributed by atoms with Gasteiger partial charge in [-0.3, -0.25) is 9.59 Å². The molecule has 1 fully saturated rings. The van der Waals surface area contributed by atoms with Gasteiger partial charge in [0.1, 0.15) is 6.29 Å². The number of halogens is 2. The van der Waals surface area contributed by atoms with E-state index in [4.69, 9.17) is 0 Å². The van der Waals surface area contributed by atoms with Crippen molar-refractivity contribution in [1.82, 2.24) is 4.90 Å². The molecule has 1 rings (SSSR count). The third kappa shape index (κ3) is 4.25. The summed E-state index contributed by atoms with van der Waals surface area (Å²) >= 11 is 0. The molecule has 1 atom stereocenters. The van der Waals surface area contributed by atoms with Crippen molar-refractivity contribution >= 4 is 18.2 Å². The molecular weight excluding hydrogens is 272 g/mol. The summed E-state index contributed by atoms with van der Waals surface area (Å²) in [5, 5.41) is 0. The van der Waals surface area contributed by atoms with Crippen molar-refractivity contribution < 1.29 is 27.9 Å². The van der Waals surface area contributed by atoms with Gasteiger partial charge in [0.05, 0.1) is 13.2 Å². The largest absolute Gasteiger partial charge is 0.469 e. The molecule has 0 aromatic carbocycles. The normalized spacial score (nSPS) is 21.1. The highest BCUT2D eigenvalue weighted by Crippen LogP contribution is 2.32. The highest BCUT2D eigenvalue weighted by Gasteiger charge is 2.52.